The van der Waals surface area contributed by atoms with Crippen LogP contribution >= 0.6 is 11.3 Å². The van der Waals surface area contributed by atoms with Crippen LogP contribution in [0.3, 0.4) is 0 Å². The van der Waals surface area contributed by atoms with Crippen LogP contribution in [0.4, 0.5) is 0 Å². The number of phenols is 1. The molecule has 1 aliphatic carbocycles. The van der Waals surface area contributed by atoms with Gasteiger partial charge in [0.05, 0.1) is 18.0 Å². The molecule has 1 aromatic carbocycles. The summed E-state index contributed by atoms with van der Waals surface area (Å²) in [5, 5.41) is 16.3. The number of hydrogen-bond acceptors (Lipinski definition) is 4. The lowest BCUT2D eigenvalue weighted by Gasteiger charge is -2.16. The minimum Gasteiger partial charge on any atom is -0.508 e. The standard InChI is InChI=1S/C18H23N3OS/c1-13-10-15(8-9-17(13)22)11-19-21-14(2)12-23-18(21)20-16-6-4-3-5-7-16/h8-12,16,22H,3-7H2,1-2H3/b19-11+,20-18?. The second-order valence-electron chi connectivity index (χ2n) is 6.18. The number of thiazole rings is 1. The maximum absolute atomic E-state index is 9.60. The Bertz CT molecular complexity index is 767. The molecule has 1 aromatic heterocycles. The number of aromatic nitrogens is 1. The van der Waals surface area contributed by atoms with Crippen LogP contribution in [0.5, 0.6) is 5.75 Å². The maximum Gasteiger partial charge on any atom is 0.206 e. The van der Waals surface area contributed by atoms with E-state index >= 15 is 0 Å². The Balaban J connectivity index is 1.87. The van der Waals surface area contributed by atoms with E-state index in [1.54, 1.807) is 17.4 Å². The molecule has 0 radical (unpaired) electrons. The molecule has 1 saturated carbocycles. The fourth-order valence-corrected chi connectivity index (χ4v) is 3.74. The fourth-order valence-electron chi connectivity index (χ4n) is 2.86. The molecule has 23 heavy (non-hydrogen) atoms. The number of aromatic hydroxyl groups is 1. The van der Waals surface area contributed by atoms with Crippen molar-refractivity contribution in [2.24, 2.45) is 10.1 Å². The second kappa shape index (κ2) is 7.13. The van der Waals surface area contributed by atoms with E-state index in [1.807, 2.05) is 29.9 Å². The predicted octanol–water partition coefficient (Wildman–Crippen LogP) is 3.99. The van der Waals surface area contributed by atoms with E-state index in [0.29, 0.717) is 11.8 Å². The number of nitrogens with zero attached hydrogens (tertiary/aromatic N) is 3. The van der Waals surface area contributed by atoms with E-state index in [-0.39, 0.29) is 0 Å². The van der Waals surface area contributed by atoms with Gasteiger partial charge in [-0.05, 0) is 56.0 Å². The average Bonchev–Trinajstić information content (AvgIpc) is 2.90. The summed E-state index contributed by atoms with van der Waals surface area (Å²) in [6.45, 7) is 3.94. The summed E-state index contributed by atoms with van der Waals surface area (Å²) in [5.41, 5.74) is 2.92. The Morgan fingerprint density at radius 3 is 2.74 bits per heavy atom. The Hall–Kier alpha value is -1.88. The smallest absolute Gasteiger partial charge is 0.206 e. The third-order valence-corrected chi connectivity index (χ3v) is 5.21. The Labute approximate surface area is 140 Å². The highest BCUT2D eigenvalue weighted by Crippen LogP contribution is 2.20. The van der Waals surface area contributed by atoms with E-state index < -0.39 is 0 Å². The van der Waals surface area contributed by atoms with Gasteiger partial charge in [0.2, 0.25) is 4.80 Å². The number of hydrogen-bond donors (Lipinski definition) is 1. The lowest BCUT2D eigenvalue weighted by molar-refractivity contribution is 0.435. The van der Waals surface area contributed by atoms with Crippen molar-refractivity contribution < 1.29 is 5.11 Å². The summed E-state index contributed by atoms with van der Waals surface area (Å²) in [5.74, 6) is 0.314. The molecule has 1 N–H and O–H groups in total. The number of phenolic OH excluding ortho intramolecular Hbond substituents is 1. The molecule has 5 heteroatoms. The Morgan fingerprint density at radius 1 is 1.22 bits per heavy atom. The molecule has 0 amide bonds. The molecule has 2 aromatic rings. The molecule has 0 atom stereocenters. The van der Waals surface area contributed by atoms with Crippen LogP contribution in [-0.2, 0) is 0 Å². The lowest BCUT2D eigenvalue weighted by atomic mass is 9.96. The number of benzene rings is 1. The third-order valence-electron chi connectivity index (χ3n) is 4.26. The highest BCUT2D eigenvalue weighted by atomic mass is 32.1. The monoisotopic (exact) mass is 329 g/mol. The van der Waals surface area contributed by atoms with Crippen molar-refractivity contribution in [2.75, 3.05) is 0 Å². The first kappa shape index (κ1) is 16.0. The topological polar surface area (TPSA) is 49.9 Å². The molecule has 122 valence electrons. The minimum absolute atomic E-state index is 0.314. The van der Waals surface area contributed by atoms with Gasteiger partial charge in [-0.25, -0.2) is 4.68 Å². The van der Waals surface area contributed by atoms with Crippen LogP contribution in [0, 0.1) is 13.8 Å². The van der Waals surface area contributed by atoms with E-state index in [0.717, 1.165) is 21.6 Å². The van der Waals surface area contributed by atoms with Crippen LogP contribution in [-0.4, -0.2) is 22.0 Å². The summed E-state index contributed by atoms with van der Waals surface area (Å²) < 4.78 is 1.92. The first-order chi connectivity index (χ1) is 11.1. The normalized spacial score (nSPS) is 17.2. The number of aryl methyl sites for hydroxylation is 2. The van der Waals surface area contributed by atoms with Crippen molar-refractivity contribution in [1.29, 1.82) is 0 Å². The van der Waals surface area contributed by atoms with E-state index in [9.17, 15) is 5.11 Å². The van der Waals surface area contributed by atoms with Crippen molar-refractivity contribution in [3.63, 3.8) is 0 Å². The Kier molecular flexibility index (Phi) is 4.96. The molecule has 0 aliphatic heterocycles. The molecule has 0 bridgehead atoms. The van der Waals surface area contributed by atoms with Gasteiger partial charge in [0.1, 0.15) is 5.75 Å². The largest absolute Gasteiger partial charge is 0.508 e. The predicted molar refractivity (Wildman–Crippen MR) is 95.3 cm³/mol. The van der Waals surface area contributed by atoms with Gasteiger partial charge in [0.15, 0.2) is 0 Å². The van der Waals surface area contributed by atoms with Crippen LogP contribution in [0.25, 0.3) is 0 Å². The van der Waals surface area contributed by atoms with Crippen molar-refractivity contribution >= 4 is 17.6 Å². The zero-order valence-electron chi connectivity index (χ0n) is 13.7. The minimum atomic E-state index is 0.314. The first-order valence-electron chi connectivity index (χ1n) is 8.18. The zero-order chi connectivity index (χ0) is 16.2. The van der Waals surface area contributed by atoms with Gasteiger partial charge in [-0.1, -0.05) is 19.3 Å². The van der Waals surface area contributed by atoms with Gasteiger partial charge >= 0.3 is 0 Å². The van der Waals surface area contributed by atoms with Gasteiger partial charge in [0.25, 0.3) is 0 Å². The highest BCUT2D eigenvalue weighted by molar-refractivity contribution is 7.07. The van der Waals surface area contributed by atoms with Gasteiger partial charge < -0.3 is 5.11 Å². The van der Waals surface area contributed by atoms with E-state index in [4.69, 9.17) is 4.99 Å². The molecule has 1 fully saturated rings. The van der Waals surface area contributed by atoms with Crippen molar-refractivity contribution in [3.8, 4) is 5.75 Å². The molecule has 4 nitrogen and oxygen atoms in total. The summed E-state index contributed by atoms with van der Waals surface area (Å²) in [4.78, 5) is 5.88. The highest BCUT2D eigenvalue weighted by Gasteiger charge is 2.12. The lowest BCUT2D eigenvalue weighted by Crippen LogP contribution is -2.19. The van der Waals surface area contributed by atoms with Gasteiger partial charge in [0, 0.05) is 5.38 Å². The van der Waals surface area contributed by atoms with Gasteiger partial charge in [-0.3, -0.25) is 4.99 Å². The molecule has 0 spiro atoms. The summed E-state index contributed by atoms with van der Waals surface area (Å²) >= 11 is 1.65. The summed E-state index contributed by atoms with van der Waals surface area (Å²) in [7, 11) is 0. The third kappa shape index (κ3) is 3.91. The van der Waals surface area contributed by atoms with Crippen molar-refractivity contribution in [1.82, 2.24) is 4.68 Å². The van der Waals surface area contributed by atoms with Gasteiger partial charge in [-0.2, -0.15) is 5.10 Å². The Morgan fingerprint density at radius 2 is 2.00 bits per heavy atom. The molecular weight excluding hydrogens is 306 g/mol. The van der Waals surface area contributed by atoms with Crippen molar-refractivity contribution in [2.45, 2.75) is 52.0 Å². The van der Waals surface area contributed by atoms with Crippen LogP contribution in [0.2, 0.25) is 0 Å². The molecule has 1 aliphatic rings. The molecule has 3 rings (SSSR count). The van der Waals surface area contributed by atoms with Crippen LogP contribution in [0.15, 0.2) is 33.7 Å². The van der Waals surface area contributed by atoms with E-state index in [2.05, 4.69) is 17.4 Å². The molecule has 1 heterocycles. The fraction of sp³-hybridized carbons (Fsp3) is 0.444. The van der Waals surface area contributed by atoms with Crippen LogP contribution in [0.1, 0.15) is 48.9 Å². The average molecular weight is 329 g/mol. The zero-order valence-corrected chi connectivity index (χ0v) is 14.5. The molecule has 0 saturated heterocycles. The van der Waals surface area contributed by atoms with Gasteiger partial charge in [-0.15, -0.1) is 11.3 Å². The summed E-state index contributed by atoms with van der Waals surface area (Å²) in [6.07, 6.45) is 8.12. The van der Waals surface area contributed by atoms with Crippen LogP contribution < -0.4 is 4.80 Å². The maximum atomic E-state index is 9.60. The van der Waals surface area contributed by atoms with Crippen molar-refractivity contribution in [3.05, 3.63) is 45.2 Å². The molecule has 0 unspecified atom stereocenters. The number of rotatable bonds is 3. The second-order valence-corrected chi connectivity index (χ2v) is 7.02. The van der Waals surface area contributed by atoms with E-state index in [1.165, 1.54) is 32.1 Å². The first-order valence-corrected chi connectivity index (χ1v) is 9.06. The molecular formula is C18H23N3OS. The SMILES string of the molecule is Cc1cc(/C=N/n2c(C)csc2=NC2CCCCC2)ccc1O. The quantitative estimate of drug-likeness (QED) is 0.851. The summed E-state index contributed by atoms with van der Waals surface area (Å²) in [6, 6.07) is 5.94.